The predicted molar refractivity (Wildman–Crippen MR) is 116 cm³/mol. The Labute approximate surface area is 172 Å². The van der Waals surface area contributed by atoms with Gasteiger partial charge < -0.3 is 10.3 Å². The maximum atomic E-state index is 14.0. The number of hydrogen-bond acceptors (Lipinski definition) is 1. The zero-order chi connectivity index (χ0) is 20.8. The van der Waals surface area contributed by atoms with Gasteiger partial charge in [0.25, 0.3) is 5.91 Å². The van der Waals surface area contributed by atoms with Crippen LogP contribution < -0.4 is 5.73 Å². The minimum absolute atomic E-state index is 0.313. The number of primary amides is 1. The molecule has 3 aromatic rings. The molecule has 0 radical (unpaired) electrons. The second kappa shape index (κ2) is 9.55. The third-order valence-corrected chi connectivity index (χ3v) is 5.47. The van der Waals surface area contributed by atoms with Crippen LogP contribution in [0.25, 0.3) is 11.1 Å². The van der Waals surface area contributed by atoms with Gasteiger partial charge in [-0.25, -0.2) is 4.39 Å². The molecule has 0 aliphatic rings. The first-order valence-corrected chi connectivity index (χ1v) is 10.3. The number of carbonyl (C=O) groups excluding carboxylic acids is 1. The number of hydrogen-bond donors (Lipinski definition) is 1. The number of aryl methyl sites for hydroxylation is 1. The van der Waals surface area contributed by atoms with Crippen LogP contribution in [0.15, 0.2) is 54.6 Å². The summed E-state index contributed by atoms with van der Waals surface area (Å²) >= 11 is 0. The van der Waals surface area contributed by atoms with E-state index in [0.29, 0.717) is 11.1 Å². The number of benzene rings is 2. The molecule has 2 N–H and O–H groups in total. The third kappa shape index (κ3) is 4.76. The largest absolute Gasteiger partial charge is 0.366 e. The van der Waals surface area contributed by atoms with E-state index in [2.05, 4.69) is 23.6 Å². The van der Waals surface area contributed by atoms with Crippen molar-refractivity contribution in [2.24, 2.45) is 5.73 Å². The van der Waals surface area contributed by atoms with E-state index in [1.165, 1.54) is 17.7 Å². The summed E-state index contributed by atoms with van der Waals surface area (Å²) in [6, 6.07) is 16.7. The van der Waals surface area contributed by atoms with Gasteiger partial charge in [-0.1, -0.05) is 62.2 Å². The number of halogens is 1. The summed E-state index contributed by atoms with van der Waals surface area (Å²) in [5, 5.41) is 0. The molecule has 0 saturated carbocycles. The number of nitrogens with zero attached hydrogens (tertiary/aromatic N) is 1. The molecule has 1 amide bonds. The average molecular weight is 393 g/mol. The summed E-state index contributed by atoms with van der Waals surface area (Å²) in [5.74, 6) is -0.774. The van der Waals surface area contributed by atoms with Crippen LogP contribution in [0.4, 0.5) is 4.39 Å². The fourth-order valence-electron chi connectivity index (χ4n) is 4.04. The van der Waals surface area contributed by atoms with Gasteiger partial charge in [0.1, 0.15) is 5.82 Å². The van der Waals surface area contributed by atoms with E-state index < -0.39 is 5.91 Å². The standard InChI is InChI=1S/C25H29FN2O/c1-3-4-6-14-22-24(20-12-9-13-21(26)17-20)23(25(27)29)18(2)28(22)16-15-19-10-7-5-8-11-19/h5,7-13,17H,3-4,6,14-16H2,1-2H3,(H2,27,29). The molecule has 1 aromatic heterocycles. The van der Waals surface area contributed by atoms with Gasteiger partial charge in [-0.15, -0.1) is 0 Å². The quantitative estimate of drug-likeness (QED) is 0.468. The van der Waals surface area contributed by atoms with E-state index in [-0.39, 0.29) is 5.82 Å². The molecule has 2 aromatic carbocycles. The van der Waals surface area contributed by atoms with Gasteiger partial charge in [0.05, 0.1) is 5.56 Å². The third-order valence-electron chi connectivity index (χ3n) is 5.47. The number of aromatic nitrogens is 1. The van der Waals surface area contributed by atoms with Crippen molar-refractivity contribution in [3.05, 3.63) is 82.9 Å². The zero-order valence-corrected chi connectivity index (χ0v) is 17.2. The molecule has 0 aliphatic heterocycles. The molecule has 0 unspecified atom stereocenters. The van der Waals surface area contributed by atoms with Gasteiger partial charge in [-0.3, -0.25) is 4.79 Å². The topological polar surface area (TPSA) is 48.0 Å². The van der Waals surface area contributed by atoms with Crippen LogP contribution in [0.5, 0.6) is 0 Å². The van der Waals surface area contributed by atoms with E-state index in [1.807, 2.05) is 31.2 Å². The van der Waals surface area contributed by atoms with Gasteiger partial charge in [-0.05, 0) is 49.4 Å². The summed E-state index contributed by atoms with van der Waals surface area (Å²) in [6.07, 6.45) is 4.94. The Morgan fingerprint density at radius 3 is 2.45 bits per heavy atom. The average Bonchev–Trinajstić information content (AvgIpc) is 2.99. The number of carbonyl (C=O) groups is 1. The fourth-order valence-corrected chi connectivity index (χ4v) is 4.04. The predicted octanol–water partition coefficient (Wildman–Crippen LogP) is 5.68. The highest BCUT2D eigenvalue weighted by atomic mass is 19.1. The first-order valence-electron chi connectivity index (χ1n) is 10.3. The summed E-state index contributed by atoms with van der Waals surface area (Å²) in [5.41, 5.74) is 11.0. The van der Waals surface area contributed by atoms with E-state index in [9.17, 15) is 9.18 Å². The van der Waals surface area contributed by atoms with E-state index >= 15 is 0 Å². The Balaban J connectivity index is 2.10. The van der Waals surface area contributed by atoms with Crippen LogP contribution in [0, 0.1) is 12.7 Å². The van der Waals surface area contributed by atoms with Gasteiger partial charge in [0.2, 0.25) is 0 Å². The van der Waals surface area contributed by atoms with Crippen LogP contribution in [0.2, 0.25) is 0 Å². The highest BCUT2D eigenvalue weighted by Crippen LogP contribution is 2.34. The van der Waals surface area contributed by atoms with E-state index in [4.69, 9.17) is 5.73 Å². The lowest BCUT2D eigenvalue weighted by Gasteiger charge is -2.14. The van der Waals surface area contributed by atoms with Gasteiger partial charge in [0, 0.05) is 23.5 Å². The Hall–Kier alpha value is -2.88. The van der Waals surface area contributed by atoms with Crippen LogP contribution in [0.1, 0.15) is 53.5 Å². The van der Waals surface area contributed by atoms with Crippen molar-refractivity contribution in [1.29, 1.82) is 0 Å². The summed E-state index contributed by atoms with van der Waals surface area (Å²) in [7, 11) is 0. The molecule has 0 spiro atoms. The minimum Gasteiger partial charge on any atom is -0.366 e. The number of unbranched alkanes of at least 4 members (excludes halogenated alkanes) is 2. The molecule has 29 heavy (non-hydrogen) atoms. The number of nitrogens with two attached hydrogens (primary N) is 1. The van der Waals surface area contributed by atoms with E-state index in [0.717, 1.165) is 55.6 Å². The first kappa shape index (κ1) is 20.8. The molecule has 3 nitrogen and oxygen atoms in total. The minimum atomic E-state index is -0.461. The Kier molecular flexibility index (Phi) is 6.86. The number of rotatable bonds is 9. The van der Waals surface area contributed by atoms with Crippen molar-refractivity contribution < 1.29 is 9.18 Å². The molecule has 0 aliphatic carbocycles. The van der Waals surface area contributed by atoms with Crippen molar-refractivity contribution in [2.45, 2.75) is 52.5 Å². The van der Waals surface area contributed by atoms with Crippen molar-refractivity contribution in [3.8, 4) is 11.1 Å². The molecule has 4 heteroatoms. The molecular formula is C25H29FN2O. The van der Waals surface area contributed by atoms with Gasteiger partial charge in [-0.2, -0.15) is 0 Å². The molecule has 3 rings (SSSR count). The first-order chi connectivity index (χ1) is 14.0. The normalized spacial score (nSPS) is 11.0. The maximum absolute atomic E-state index is 14.0. The van der Waals surface area contributed by atoms with Crippen LogP contribution in [-0.4, -0.2) is 10.5 Å². The zero-order valence-electron chi connectivity index (χ0n) is 17.2. The Morgan fingerprint density at radius 2 is 1.79 bits per heavy atom. The summed E-state index contributed by atoms with van der Waals surface area (Å²) in [4.78, 5) is 12.4. The number of amides is 1. The van der Waals surface area contributed by atoms with Crippen molar-refractivity contribution >= 4 is 5.91 Å². The Morgan fingerprint density at radius 1 is 1.03 bits per heavy atom. The van der Waals surface area contributed by atoms with Gasteiger partial charge >= 0.3 is 0 Å². The Bertz CT molecular complexity index is 976. The highest BCUT2D eigenvalue weighted by molar-refractivity contribution is 6.02. The van der Waals surface area contributed by atoms with Crippen molar-refractivity contribution in [1.82, 2.24) is 4.57 Å². The molecule has 1 heterocycles. The monoisotopic (exact) mass is 392 g/mol. The van der Waals surface area contributed by atoms with Crippen molar-refractivity contribution in [2.75, 3.05) is 0 Å². The summed E-state index contributed by atoms with van der Waals surface area (Å²) < 4.78 is 16.2. The lowest BCUT2D eigenvalue weighted by atomic mass is 9.97. The molecule has 0 fully saturated rings. The fraction of sp³-hybridized carbons (Fsp3) is 0.320. The smallest absolute Gasteiger partial charge is 0.251 e. The molecule has 0 bridgehead atoms. The van der Waals surface area contributed by atoms with Crippen molar-refractivity contribution in [3.63, 3.8) is 0 Å². The SMILES string of the molecule is CCCCCc1c(-c2cccc(F)c2)c(C(N)=O)c(C)n1CCc1ccccc1. The van der Waals surface area contributed by atoms with E-state index in [1.54, 1.807) is 6.07 Å². The maximum Gasteiger partial charge on any atom is 0.251 e. The second-order valence-corrected chi connectivity index (χ2v) is 7.50. The molecular weight excluding hydrogens is 363 g/mol. The lowest BCUT2D eigenvalue weighted by molar-refractivity contribution is 0.1000. The second-order valence-electron chi connectivity index (χ2n) is 7.50. The van der Waals surface area contributed by atoms with Crippen LogP contribution in [-0.2, 0) is 19.4 Å². The molecule has 152 valence electrons. The highest BCUT2D eigenvalue weighted by Gasteiger charge is 2.24. The summed E-state index contributed by atoms with van der Waals surface area (Å²) in [6.45, 7) is 4.87. The van der Waals surface area contributed by atoms with Crippen LogP contribution in [0.3, 0.4) is 0 Å². The molecule has 0 atom stereocenters. The van der Waals surface area contributed by atoms with Crippen LogP contribution >= 0.6 is 0 Å². The van der Waals surface area contributed by atoms with Gasteiger partial charge in [0.15, 0.2) is 0 Å². The lowest BCUT2D eigenvalue weighted by Crippen LogP contribution is -2.14. The molecule has 0 saturated heterocycles.